The molecule has 0 aliphatic carbocycles. The van der Waals surface area contributed by atoms with E-state index in [4.69, 9.17) is 4.42 Å². The number of aryl methyl sites for hydroxylation is 1. The van der Waals surface area contributed by atoms with E-state index in [-0.39, 0.29) is 23.3 Å². The van der Waals surface area contributed by atoms with Crippen LogP contribution in [-0.4, -0.2) is 39.2 Å². The number of nitrogens with zero attached hydrogens (tertiary/aromatic N) is 3. The Morgan fingerprint density at radius 3 is 3.00 bits per heavy atom. The van der Waals surface area contributed by atoms with E-state index in [1.54, 1.807) is 20.1 Å². The van der Waals surface area contributed by atoms with Gasteiger partial charge in [-0.25, -0.2) is 4.98 Å². The summed E-state index contributed by atoms with van der Waals surface area (Å²) in [5, 5.41) is 0.281. The van der Waals surface area contributed by atoms with Gasteiger partial charge in [0, 0.05) is 30.1 Å². The number of carbonyl (C=O) groups excluding carboxylic acids is 1. The molecular formula is C17H21N3O3S. The fraction of sp³-hybridized carbons (Fsp3) is 0.471. The molecule has 0 radical (unpaired) electrons. The molecule has 0 aromatic carbocycles. The van der Waals surface area contributed by atoms with Gasteiger partial charge in [-0.2, -0.15) is 0 Å². The maximum atomic E-state index is 12.6. The van der Waals surface area contributed by atoms with E-state index >= 15 is 0 Å². The normalized spacial score (nSPS) is 18.4. The third-order valence-electron chi connectivity index (χ3n) is 4.38. The Morgan fingerprint density at radius 2 is 2.25 bits per heavy atom. The first kappa shape index (κ1) is 16.8. The van der Waals surface area contributed by atoms with E-state index in [1.165, 1.54) is 10.9 Å². The second-order valence-electron chi connectivity index (χ2n) is 5.93. The van der Waals surface area contributed by atoms with Crippen molar-refractivity contribution >= 4 is 17.7 Å². The average molecular weight is 347 g/mol. The lowest BCUT2D eigenvalue weighted by atomic mass is 10.2. The summed E-state index contributed by atoms with van der Waals surface area (Å²) in [7, 11) is 0. The van der Waals surface area contributed by atoms with Gasteiger partial charge < -0.3 is 9.32 Å². The summed E-state index contributed by atoms with van der Waals surface area (Å²) < 4.78 is 6.88. The van der Waals surface area contributed by atoms with Crippen LogP contribution in [0.15, 0.2) is 33.9 Å². The number of thioether (sulfide) groups is 1. The van der Waals surface area contributed by atoms with Crippen molar-refractivity contribution in [3.63, 3.8) is 0 Å². The van der Waals surface area contributed by atoms with Gasteiger partial charge in [0.25, 0.3) is 5.56 Å². The molecule has 0 bridgehead atoms. The number of aromatic nitrogens is 2. The lowest BCUT2D eigenvalue weighted by Gasteiger charge is -2.20. The van der Waals surface area contributed by atoms with Crippen molar-refractivity contribution in [1.82, 2.24) is 14.5 Å². The van der Waals surface area contributed by atoms with Gasteiger partial charge in [0.05, 0.1) is 17.8 Å². The molecule has 0 N–H and O–H groups in total. The molecule has 1 aliphatic rings. The predicted octanol–water partition coefficient (Wildman–Crippen LogP) is 2.16. The van der Waals surface area contributed by atoms with Gasteiger partial charge in [-0.3, -0.25) is 14.2 Å². The molecule has 3 heterocycles. The molecule has 1 amide bonds. The van der Waals surface area contributed by atoms with Crippen molar-refractivity contribution in [3.8, 4) is 0 Å². The Bertz CT molecular complexity index is 770. The molecular weight excluding hydrogens is 326 g/mol. The standard InChI is InChI=1S/C17H21N3O3S/c1-12-13(2)18-11-20(17(12)22)10-16(21)19-6-5-15(24-9-7-19)14-4-3-8-23-14/h3-4,8,11,15H,5-7,9-10H2,1-2H3. The first-order chi connectivity index (χ1) is 11.6. The molecule has 2 aromatic rings. The molecule has 1 saturated heterocycles. The minimum Gasteiger partial charge on any atom is -0.468 e. The summed E-state index contributed by atoms with van der Waals surface area (Å²) >= 11 is 1.81. The molecule has 1 fully saturated rings. The summed E-state index contributed by atoms with van der Waals surface area (Å²) in [6.07, 6.45) is 3.99. The zero-order valence-corrected chi connectivity index (χ0v) is 14.7. The highest BCUT2D eigenvalue weighted by Crippen LogP contribution is 2.34. The topological polar surface area (TPSA) is 68.3 Å². The molecule has 0 saturated carbocycles. The number of rotatable bonds is 3. The van der Waals surface area contributed by atoms with Gasteiger partial charge in [0.2, 0.25) is 5.91 Å². The Labute approximate surface area is 144 Å². The van der Waals surface area contributed by atoms with Gasteiger partial charge in [0.15, 0.2) is 0 Å². The van der Waals surface area contributed by atoms with E-state index < -0.39 is 0 Å². The Balaban J connectivity index is 1.66. The zero-order valence-electron chi connectivity index (χ0n) is 13.9. The Morgan fingerprint density at radius 1 is 1.42 bits per heavy atom. The molecule has 0 spiro atoms. The molecule has 3 rings (SSSR count). The molecule has 7 heteroatoms. The first-order valence-electron chi connectivity index (χ1n) is 8.01. The maximum absolute atomic E-state index is 12.6. The molecule has 1 unspecified atom stereocenters. The third-order valence-corrected chi connectivity index (χ3v) is 5.66. The van der Waals surface area contributed by atoms with Crippen LogP contribution < -0.4 is 5.56 Å². The smallest absolute Gasteiger partial charge is 0.256 e. The van der Waals surface area contributed by atoms with Crippen LogP contribution in [0.2, 0.25) is 0 Å². The van der Waals surface area contributed by atoms with Crippen molar-refractivity contribution in [2.45, 2.75) is 32.1 Å². The molecule has 128 valence electrons. The van der Waals surface area contributed by atoms with Gasteiger partial charge >= 0.3 is 0 Å². The Hall–Kier alpha value is -2.02. The van der Waals surface area contributed by atoms with Gasteiger partial charge in [0.1, 0.15) is 12.3 Å². The van der Waals surface area contributed by atoms with Crippen molar-refractivity contribution in [2.75, 3.05) is 18.8 Å². The second-order valence-corrected chi connectivity index (χ2v) is 7.24. The number of furan rings is 1. The quantitative estimate of drug-likeness (QED) is 0.851. The summed E-state index contributed by atoms with van der Waals surface area (Å²) in [5.41, 5.74) is 1.15. The highest BCUT2D eigenvalue weighted by molar-refractivity contribution is 7.99. The monoisotopic (exact) mass is 347 g/mol. The molecule has 1 aliphatic heterocycles. The van der Waals surface area contributed by atoms with E-state index in [1.807, 2.05) is 28.8 Å². The third kappa shape index (κ3) is 3.56. The van der Waals surface area contributed by atoms with Crippen LogP contribution in [0.4, 0.5) is 0 Å². The van der Waals surface area contributed by atoms with Crippen molar-refractivity contribution in [1.29, 1.82) is 0 Å². The van der Waals surface area contributed by atoms with Gasteiger partial charge in [-0.15, -0.1) is 11.8 Å². The van der Waals surface area contributed by atoms with Crippen LogP contribution in [0.3, 0.4) is 0 Å². The van der Waals surface area contributed by atoms with Crippen LogP contribution in [0, 0.1) is 13.8 Å². The number of hydrogen-bond acceptors (Lipinski definition) is 5. The summed E-state index contributed by atoms with van der Waals surface area (Å²) in [4.78, 5) is 30.8. The first-order valence-corrected chi connectivity index (χ1v) is 9.06. The lowest BCUT2D eigenvalue weighted by molar-refractivity contribution is -0.131. The maximum Gasteiger partial charge on any atom is 0.256 e. The van der Waals surface area contributed by atoms with E-state index in [9.17, 15) is 9.59 Å². The second kappa shape index (κ2) is 7.25. The van der Waals surface area contributed by atoms with Crippen molar-refractivity contribution < 1.29 is 9.21 Å². The highest BCUT2D eigenvalue weighted by Gasteiger charge is 2.23. The molecule has 2 aromatic heterocycles. The SMILES string of the molecule is Cc1ncn(CC(=O)N2CCSC(c3ccco3)CC2)c(=O)c1C. The lowest BCUT2D eigenvalue weighted by Crippen LogP contribution is -2.38. The van der Waals surface area contributed by atoms with Crippen molar-refractivity contribution in [3.05, 3.63) is 52.1 Å². The molecule has 1 atom stereocenters. The number of amides is 1. The molecule has 6 nitrogen and oxygen atoms in total. The van der Waals surface area contributed by atoms with Crippen LogP contribution in [-0.2, 0) is 11.3 Å². The van der Waals surface area contributed by atoms with Crippen LogP contribution in [0.5, 0.6) is 0 Å². The summed E-state index contributed by atoms with van der Waals surface area (Å²) in [6, 6.07) is 3.87. The average Bonchev–Trinajstić information content (AvgIpc) is 3.00. The predicted molar refractivity (Wildman–Crippen MR) is 93.1 cm³/mol. The van der Waals surface area contributed by atoms with Gasteiger partial charge in [-0.1, -0.05) is 0 Å². The summed E-state index contributed by atoms with van der Waals surface area (Å²) in [6.45, 7) is 4.94. The summed E-state index contributed by atoms with van der Waals surface area (Å²) in [5.74, 6) is 1.78. The van der Waals surface area contributed by atoms with E-state index in [0.29, 0.717) is 24.3 Å². The fourth-order valence-corrected chi connectivity index (χ4v) is 3.94. The molecule has 24 heavy (non-hydrogen) atoms. The van der Waals surface area contributed by atoms with E-state index in [0.717, 1.165) is 17.9 Å². The fourth-order valence-electron chi connectivity index (χ4n) is 2.76. The van der Waals surface area contributed by atoms with Crippen molar-refractivity contribution in [2.24, 2.45) is 0 Å². The zero-order chi connectivity index (χ0) is 17.1. The van der Waals surface area contributed by atoms with Crippen LogP contribution in [0.25, 0.3) is 0 Å². The number of hydrogen-bond donors (Lipinski definition) is 0. The van der Waals surface area contributed by atoms with Gasteiger partial charge in [-0.05, 0) is 32.4 Å². The minimum atomic E-state index is -0.145. The minimum absolute atomic E-state index is 0.0390. The number of carbonyl (C=O) groups is 1. The van der Waals surface area contributed by atoms with E-state index in [2.05, 4.69) is 4.98 Å². The Kier molecular flexibility index (Phi) is 5.08. The van der Waals surface area contributed by atoms with Crippen LogP contribution >= 0.6 is 11.8 Å². The highest BCUT2D eigenvalue weighted by atomic mass is 32.2. The van der Waals surface area contributed by atoms with Crippen LogP contribution in [0.1, 0.15) is 28.7 Å². The largest absolute Gasteiger partial charge is 0.468 e.